The van der Waals surface area contributed by atoms with Gasteiger partial charge >= 0.3 is 6.01 Å². The standard InChI is InChI=1S/C35H35BrClFN6O3/c36-13-3-10-27(45)44-17-16-42(19-35(44)20-46-21-35)32-25-18-39-30(24-8-1-6-23-7-2-9-26(37)28(23)24)29(38)31(25)40-33(41-32)47-22-34-11-4-14-43(34)15-5-12-34/h1-3,6-10,18H,4-5,11-17,19-22H2/b10-3+. The molecule has 12 heteroatoms. The Morgan fingerprint density at radius 2 is 1.87 bits per heavy atom. The van der Waals surface area contributed by atoms with Crippen LogP contribution in [0.4, 0.5) is 10.2 Å². The molecular formula is C35H35BrClFN6O3. The Kier molecular flexibility index (Phi) is 8.06. The van der Waals surface area contributed by atoms with Crippen LogP contribution in [0.3, 0.4) is 0 Å². The molecule has 4 aliphatic rings. The molecule has 1 amide bonds. The summed E-state index contributed by atoms with van der Waals surface area (Å²) in [6.07, 6.45) is 9.47. The van der Waals surface area contributed by atoms with Gasteiger partial charge < -0.3 is 19.3 Å². The summed E-state index contributed by atoms with van der Waals surface area (Å²) in [6.45, 7) is 4.88. The van der Waals surface area contributed by atoms with E-state index in [4.69, 9.17) is 31.0 Å². The van der Waals surface area contributed by atoms with Crippen molar-refractivity contribution in [2.24, 2.45) is 0 Å². The number of pyridine rings is 1. The highest BCUT2D eigenvalue weighted by atomic mass is 79.9. The molecule has 1 spiro atoms. The number of nitrogens with zero attached hydrogens (tertiary/aromatic N) is 6. The molecular weight excluding hydrogens is 687 g/mol. The Hall–Kier alpha value is -3.38. The van der Waals surface area contributed by atoms with Crippen LogP contribution in [-0.2, 0) is 9.53 Å². The molecule has 47 heavy (non-hydrogen) atoms. The van der Waals surface area contributed by atoms with Gasteiger partial charge in [-0.15, -0.1) is 0 Å². The van der Waals surface area contributed by atoms with Crippen LogP contribution in [0.5, 0.6) is 6.01 Å². The highest BCUT2D eigenvalue weighted by Gasteiger charge is 2.50. The summed E-state index contributed by atoms with van der Waals surface area (Å²) in [5, 5.41) is 3.24. The van der Waals surface area contributed by atoms with Gasteiger partial charge in [0.25, 0.3) is 0 Å². The number of aromatic nitrogens is 3. The van der Waals surface area contributed by atoms with E-state index in [0.29, 0.717) is 66.6 Å². The third-order valence-electron chi connectivity index (χ3n) is 10.3. The van der Waals surface area contributed by atoms with Gasteiger partial charge in [-0.3, -0.25) is 14.7 Å². The minimum absolute atomic E-state index is 0.0257. The predicted octanol–water partition coefficient (Wildman–Crippen LogP) is 6.01. The normalized spacial score (nSPS) is 20.4. The molecule has 8 rings (SSSR count). The van der Waals surface area contributed by atoms with Crippen LogP contribution in [0, 0.1) is 5.82 Å². The molecule has 244 valence electrons. The minimum Gasteiger partial charge on any atom is -0.461 e. The molecule has 9 nitrogen and oxygen atoms in total. The van der Waals surface area contributed by atoms with Gasteiger partial charge in [0.05, 0.1) is 24.1 Å². The third kappa shape index (κ3) is 5.26. The molecule has 0 radical (unpaired) electrons. The molecule has 4 aromatic rings. The molecule has 4 fully saturated rings. The van der Waals surface area contributed by atoms with E-state index in [2.05, 4.69) is 30.7 Å². The monoisotopic (exact) mass is 720 g/mol. The zero-order chi connectivity index (χ0) is 32.2. The van der Waals surface area contributed by atoms with Crippen LogP contribution >= 0.6 is 27.5 Å². The summed E-state index contributed by atoms with van der Waals surface area (Å²) < 4.78 is 28.9. The van der Waals surface area contributed by atoms with E-state index in [1.165, 1.54) is 0 Å². The van der Waals surface area contributed by atoms with Crippen molar-refractivity contribution < 1.29 is 18.7 Å². The fourth-order valence-corrected chi connectivity index (χ4v) is 8.46. The van der Waals surface area contributed by atoms with Crippen LogP contribution in [0.25, 0.3) is 32.9 Å². The van der Waals surface area contributed by atoms with Gasteiger partial charge in [0.15, 0.2) is 5.82 Å². The van der Waals surface area contributed by atoms with E-state index in [9.17, 15) is 4.79 Å². The molecule has 4 aliphatic heterocycles. The van der Waals surface area contributed by atoms with Crippen molar-refractivity contribution in [3.05, 3.63) is 65.6 Å². The van der Waals surface area contributed by atoms with Gasteiger partial charge in [0.1, 0.15) is 29.2 Å². The summed E-state index contributed by atoms with van der Waals surface area (Å²) in [6, 6.07) is 11.4. The average Bonchev–Trinajstić information content (AvgIpc) is 3.66. The summed E-state index contributed by atoms with van der Waals surface area (Å²) in [7, 11) is 0. The van der Waals surface area contributed by atoms with Crippen LogP contribution < -0.4 is 9.64 Å². The van der Waals surface area contributed by atoms with E-state index < -0.39 is 11.4 Å². The number of hydrogen-bond acceptors (Lipinski definition) is 8. The highest BCUT2D eigenvalue weighted by Crippen LogP contribution is 2.41. The van der Waals surface area contributed by atoms with Gasteiger partial charge in [0, 0.05) is 47.1 Å². The average molecular weight is 722 g/mol. The fraction of sp³-hybridized carbons (Fsp3) is 0.429. The molecule has 2 aromatic heterocycles. The molecule has 6 heterocycles. The van der Waals surface area contributed by atoms with Crippen LogP contribution in [0.15, 0.2) is 54.7 Å². The van der Waals surface area contributed by atoms with Crippen molar-refractivity contribution in [3.63, 3.8) is 0 Å². The lowest BCUT2D eigenvalue weighted by Gasteiger charge is -2.55. The Balaban J connectivity index is 1.22. The van der Waals surface area contributed by atoms with E-state index >= 15 is 4.39 Å². The summed E-state index contributed by atoms with van der Waals surface area (Å²) in [5.41, 5.74) is 0.367. The smallest absolute Gasteiger partial charge is 0.319 e. The van der Waals surface area contributed by atoms with Gasteiger partial charge in [-0.25, -0.2) is 4.39 Å². The number of fused-ring (bicyclic) bond motifs is 3. The predicted molar refractivity (Wildman–Crippen MR) is 184 cm³/mol. The van der Waals surface area contributed by atoms with Crippen molar-refractivity contribution in [3.8, 4) is 17.3 Å². The molecule has 0 atom stereocenters. The Morgan fingerprint density at radius 1 is 1.09 bits per heavy atom. The fourth-order valence-electron chi connectivity index (χ4n) is 7.99. The number of ether oxygens (including phenoxy) is 2. The first-order chi connectivity index (χ1) is 22.9. The van der Waals surface area contributed by atoms with Crippen LogP contribution in [0.1, 0.15) is 25.7 Å². The summed E-state index contributed by atoms with van der Waals surface area (Å²) in [5.74, 6) is -0.0622. The number of hydrogen-bond donors (Lipinski definition) is 0. The van der Waals surface area contributed by atoms with Crippen molar-refractivity contribution in [1.29, 1.82) is 0 Å². The minimum atomic E-state index is -0.555. The second kappa shape index (κ2) is 12.3. The maximum Gasteiger partial charge on any atom is 0.319 e. The van der Waals surface area contributed by atoms with E-state index in [-0.39, 0.29) is 28.7 Å². The van der Waals surface area contributed by atoms with Crippen molar-refractivity contribution in [2.75, 3.05) is 62.8 Å². The first kappa shape index (κ1) is 30.9. The number of rotatable bonds is 7. The van der Waals surface area contributed by atoms with E-state index in [0.717, 1.165) is 49.5 Å². The maximum atomic E-state index is 16.8. The molecule has 0 saturated carbocycles. The third-order valence-corrected chi connectivity index (χ3v) is 11.0. The SMILES string of the molecule is O=C(/C=C/CBr)N1CCN(c2nc(OCC34CCCN3CCC4)nc3c(F)c(-c4cccc5cccc(Cl)c45)ncc23)CC12COC2. The quantitative estimate of drug-likeness (QED) is 0.170. The number of anilines is 1. The van der Waals surface area contributed by atoms with Crippen molar-refractivity contribution in [2.45, 2.75) is 36.8 Å². The van der Waals surface area contributed by atoms with Crippen molar-refractivity contribution >= 4 is 60.9 Å². The number of carbonyl (C=O) groups excluding carboxylic acids is 1. The molecule has 0 N–H and O–H groups in total. The van der Waals surface area contributed by atoms with Crippen LogP contribution in [0.2, 0.25) is 5.02 Å². The number of piperazine rings is 1. The number of carbonyl (C=O) groups is 1. The molecule has 0 bridgehead atoms. The molecule has 0 unspecified atom stereocenters. The maximum absolute atomic E-state index is 16.8. The Bertz CT molecular complexity index is 1890. The molecule has 0 aliphatic carbocycles. The lowest BCUT2D eigenvalue weighted by atomic mass is 9.91. The van der Waals surface area contributed by atoms with E-state index in [1.54, 1.807) is 24.4 Å². The number of alkyl halides is 1. The number of allylic oxidation sites excluding steroid dienone is 1. The zero-order valence-corrected chi connectivity index (χ0v) is 28.3. The van der Waals surface area contributed by atoms with Gasteiger partial charge in [-0.1, -0.05) is 63.9 Å². The molecule has 4 saturated heterocycles. The number of amides is 1. The Morgan fingerprint density at radius 3 is 2.62 bits per heavy atom. The lowest BCUT2D eigenvalue weighted by Crippen LogP contribution is -2.72. The van der Waals surface area contributed by atoms with Crippen molar-refractivity contribution in [1.82, 2.24) is 24.8 Å². The van der Waals surface area contributed by atoms with Crippen LogP contribution in [-0.4, -0.2) is 99.6 Å². The lowest BCUT2D eigenvalue weighted by molar-refractivity contribution is -0.164. The largest absolute Gasteiger partial charge is 0.461 e. The topological polar surface area (TPSA) is 83.9 Å². The Labute approximate surface area is 285 Å². The molecule has 2 aromatic carbocycles. The van der Waals surface area contributed by atoms with Gasteiger partial charge in [-0.2, -0.15) is 9.97 Å². The number of halogens is 3. The highest BCUT2D eigenvalue weighted by molar-refractivity contribution is 9.09. The number of benzene rings is 2. The first-order valence-corrected chi connectivity index (χ1v) is 17.7. The first-order valence-electron chi connectivity index (χ1n) is 16.2. The summed E-state index contributed by atoms with van der Waals surface area (Å²) in [4.78, 5) is 33.9. The van der Waals surface area contributed by atoms with Gasteiger partial charge in [0.2, 0.25) is 5.91 Å². The zero-order valence-electron chi connectivity index (χ0n) is 25.9. The van der Waals surface area contributed by atoms with Gasteiger partial charge in [-0.05, 0) is 56.3 Å². The second-order valence-corrected chi connectivity index (χ2v) is 14.1. The second-order valence-electron chi connectivity index (χ2n) is 13.0. The summed E-state index contributed by atoms with van der Waals surface area (Å²) >= 11 is 10.00. The van der Waals surface area contributed by atoms with E-state index in [1.807, 2.05) is 35.2 Å².